The van der Waals surface area contributed by atoms with Gasteiger partial charge in [0.05, 0.1) is 28.0 Å². The van der Waals surface area contributed by atoms with Crippen LogP contribution in [0.3, 0.4) is 0 Å². The van der Waals surface area contributed by atoms with Gasteiger partial charge in [0, 0.05) is 11.1 Å². The molecule has 100 valence electrons. The minimum absolute atomic E-state index is 0.238. The van der Waals surface area contributed by atoms with Gasteiger partial charge in [0.2, 0.25) is 0 Å². The molecule has 5 nitrogen and oxygen atoms in total. The van der Waals surface area contributed by atoms with E-state index in [9.17, 15) is 4.79 Å². The maximum absolute atomic E-state index is 11.6. The Morgan fingerprint density at radius 1 is 1.25 bits per heavy atom. The molecule has 0 aliphatic heterocycles. The number of fused-ring (bicyclic) bond motifs is 1. The second-order valence-electron chi connectivity index (χ2n) is 4.37. The number of nitrogens with zero attached hydrogens (tertiary/aromatic N) is 2. The molecule has 1 aromatic heterocycles. The molecule has 0 aliphatic carbocycles. The number of hydrogen-bond donors (Lipinski definition) is 2. The first-order valence-corrected chi connectivity index (χ1v) is 6.27. The minimum Gasteiger partial charge on any atom is -0.399 e. The van der Waals surface area contributed by atoms with E-state index in [1.807, 2.05) is 6.07 Å². The molecule has 0 fully saturated rings. The lowest BCUT2D eigenvalue weighted by atomic mass is 10.1. The molecule has 0 spiro atoms. The third-order valence-corrected chi connectivity index (χ3v) is 3.38. The fraction of sp³-hybridized carbons (Fsp3) is 0. The van der Waals surface area contributed by atoms with Gasteiger partial charge in [0.1, 0.15) is 0 Å². The normalized spacial score (nSPS) is 10.8. The summed E-state index contributed by atoms with van der Waals surface area (Å²) in [6, 6.07) is 10.5. The monoisotopic (exact) mass is 286 g/mol. The van der Waals surface area contributed by atoms with E-state index in [0.29, 0.717) is 16.4 Å². The number of carbonyl (C=O) groups excluding carboxylic acids is 1. The van der Waals surface area contributed by atoms with Crippen LogP contribution in [0.15, 0.2) is 42.6 Å². The zero-order valence-corrected chi connectivity index (χ0v) is 11.1. The summed E-state index contributed by atoms with van der Waals surface area (Å²) in [6.45, 7) is 0. The van der Waals surface area contributed by atoms with Crippen LogP contribution in [0.2, 0.25) is 5.02 Å². The van der Waals surface area contributed by atoms with Crippen LogP contribution in [-0.4, -0.2) is 15.7 Å². The highest BCUT2D eigenvalue weighted by Crippen LogP contribution is 2.26. The molecular formula is C14H11ClN4O. The molecule has 0 saturated carbocycles. The van der Waals surface area contributed by atoms with Crippen molar-refractivity contribution in [2.45, 2.75) is 0 Å². The van der Waals surface area contributed by atoms with E-state index in [2.05, 4.69) is 5.10 Å². The van der Waals surface area contributed by atoms with Crippen LogP contribution in [0.1, 0.15) is 10.4 Å². The number of carbonyl (C=O) groups is 1. The topological polar surface area (TPSA) is 86.9 Å². The second kappa shape index (κ2) is 4.54. The molecule has 20 heavy (non-hydrogen) atoms. The van der Waals surface area contributed by atoms with Crippen LogP contribution in [-0.2, 0) is 0 Å². The van der Waals surface area contributed by atoms with Gasteiger partial charge in [-0.3, -0.25) is 4.79 Å². The number of aromatic nitrogens is 2. The van der Waals surface area contributed by atoms with E-state index in [1.165, 1.54) is 0 Å². The number of rotatable bonds is 2. The summed E-state index contributed by atoms with van der Waals surface area (Å²) in [5, 5.41) is 5.49. The van der Waals surface area contributed by atoms with Crippen molar-refractivity contribution in [1.82, 2.24) is 9.78 Å². The number of nitrogens with two attached hydrogens (primary N) is 2. The molecule has 6 heteroatoms. The first-order chi connectivity index (χ1) is 9.58. The molecule has 0 radical (unpaired) electrons. The SMILES string of the molecule is NC(=O)c1c(Cl)cccc1-n1ncc2ccc(N)cc21. The van der Waals surface area contributed by atoms with E-state index in [1.54, 1.807) is 41.2 Å². The molecule has 3 aromatic rings. The molecule has 0 atom stereocenters. The zero-order chi connectivity index (χ0) is 14.3. The molecule has 0 bridgehead atoms. The number of anilines is 1. The summed E-state index contributed by atoms with van der Waals surface area (Å²) in [5.74, 6) is -0.599. The van der Waals surface area contributed by atoms with E-state index in [4.69, 9.17) is 23.1 Å². The summed E-state index contributed by atoms with van der Waals surface area (Å²) >= 11 is 6.06. The van der Waals surface area contributed by atoms with Gasteiger partial charge in [-0.2, -0.15) is 5.10 Å². The maximum Gasteiger partial charge on any atom is 0.252 e. The first kappa shape index (κ1) is 12.5. The van der Waals surface area contributed by atoms with Crippen molar-refractivity contribution < 1.29 is 4.79 Å². The molecular weight excluding hydrogens is 276 g/mol. The van der Waals surface area contributed by atoms with Crippen LogP contribution in [0.5, 0.6) is 0 Å². The minimum atomic E-state index is -0.599. The number of benzene rings is 2. The van der Waals surface area contributed by atoms with Crippen molar-refractivity contribution >= 4 is 34.1 Å². The first-order valence-electron chi connectivity index (χ1n) is 5.90. The Morgan fingerprint density at radius 3 is 2.80 bits per heavy atom. The van der Waals surface area contributed by atoms with Gasteiger partial charge in [-0.1, -0.05) is 17.7 Å². The van der Waals surface area contributed by atoms with Gasteiger partial charge >= 0.3 is 0 Å². The van der Waals surface area contributed by atoms with Gasteiger partial charge in [-0.25, -0.2) is 4.68 Å². The fourth-order valence-electron chi connectivity index (χ4n) is 2.16. The number of halogens is 1. The summed E-state index contributed by atoms with van der Waals surface area (Å²) < 4.78 is 1.61. The highest BCUT2D eigenvalue weighted by Gasteiger charge is 2.16. The number of amides is 1. The average molecular weight is 287 g/mol. The summed E-state index contributed by atoms with van der Waals surface area (Å²) in [5.41, 5.74) is 13.4. The standard InChI is InChI=1S/C14H11ClN4O/c15-10-2-1-3-11(13(10)14(17)20)19-12-6-9(16)5-4-8(12)7-18-19/h1-7H,16H2,(H2,17,20). The van der Waals surface area contributed by atoms with Crippen LogP contribution in [0.25, 0.3) is 16.6 Å². The largest absolute Gasteiger partial charge is 0.399 e. The maximum atomic E-state index is 11.6. The van der Waals surface area contributed by atoms with Crippen LogP contribution < -0.4 is 11.5 Å². The third-order valence-electron chi connectivity index (χ3n) is 3.06. The lowest BCUT2D eigenvalue weighted by molar-refractivity contribution is 0.100. The van der Waals surface area contributed by atoms with Crippen molar-refractivity contribution in [3.05, 3.63) is 53.2 Å². The molecule has 0 aliphatic rings. The molecule has 1 amide bonds. The van der Waals surface area contributed by atoms with Gasteiger partial charge in [0.15, 0.2) is 0 Å². The van der Waals surface area contributed by atoms with Gasteiger partial charge in [-0.15, -0.1) is 0 Å². The molecule has 1 heterocycles. The van der Waals surface area contributed by atoms with E-state index in [0.717, 1.165) is 10.9 Å². The highest BCUT2D eigenvalue weighted by molar-refractivity contribution is 6.34. The highest BCUT2D eigenvalue weighted by atomic mass is 35.5. The smallest absolute Gasteiger partial charge is 0.252 e. The van der Waals surface area contributed by atoms with Crippen molar-refractivity contribution in [1.29, 1.82) is 0 Å². The Balaban J connectivity index is 2.34. The van der Waals surface area contributed by atoms with Gasteiger partial charge in [-0.05, 0) is 30.3 Å². The summed E-state index contributed by atoms with van der Waals surface area (Å²) in [4.78, 5) is 11.6. The van der Waals surface area contributed by atoms with Crippen molar-refractivity contribution in [3.8, 4) is 5.69 Å². The van der Waals surface area contributed by atoms with Crippen molar-refractivity contribution in [2.24, 2.45) is 5.73 Å². The van der Waals surface area contributed by atoms with Crippen molar-refractivity contribution in [3.63, 3.8) is 0 Å². The molecule has 0 saturated heterocycles. The average Bonchev–Trinajstić information content (AvgIpc) is 2.80. The lowest BCUT2D eigenvalue weighted by Gasteiger charge is -2.09. The molecule has 3 rings (SSSR count). The van der Waals surface area contributed by atoms with Crippen LogP contribution >= 0.6 is 11.6 Å². The van der Waals surface area contributed by atoms with Gasteiger partial charge in [0.25, 0.3) is 5.91 Å². The Labute approximate surface area is 119 Å². The Kier molecular flexibility index (Phi) is 2.84. The molecule has 4 N–H and O–H groups in total. The quantitative estimate of drug-likeness (QED) is 0.709. The van der Waals surface area contributed by atoms with Gasteiger partial charge < -0.3 is 11.5 Å². The Hall–Kier alpha value is -2.53. The van der Waals surface area contributed by atoms with E-state index >= 15 is 0 Å². The Bertz CT molecular complexity index is 825. The second-order valence-corrected chi connectivity index (χ2v) is 4.78. The summed E-state index contributed by atoms with van der Waals surface area (Å²) in [7, 11) is 0. The van der Waals surface area contributed by atoms with Crippen LogP contribution in [0, 0.1) is 0 Å². The number of hydrogen-bond acceptors (Lipinski definition) is 3. The fourth-order valence-corrected chi connectivity index (χ4v) is 2.42. The Morgan fingerprint density at radius 2 is 2.05 bits per heavy atom. The number of nitrogen functional groups attached to an aromatic ring is 1. The lowest BCUT2D eigenvalue weighted by Crippen LogP contribution is -2.15. The summed E-state index contributed by atoms with van der Waals surface area (Å²) in [6.07, 6.45) is 1.69. The molecule has 0 unspecified atom stereocenters. The number of primary amides is 1. The predicted molar refractivity (Wildman–Crippen MR) is 79.0 cm³/mol. The molecule has 2 aromatic carbocycles. The predicted octanol–water partition coefficient (Wildman–Crippen LogP) is 2.36. The van der Waals surface area contributed by atoms with E-state index in [-0.39, 0.29) is 5.56 Å². The van der Waals surface area contributed by atoms with Crippen LogP contribution in [0.4, 0.5) is 5.69 Å². The zero-order valence-electron chi connectivity index (χ0n) is 10.4. The van der Waals surface area contributed by atoms with E-state index < -0.39 is 5.91 Å². The van der Waals surface area contributed by atoms with Crippen molar-refractivity contribution in [2.75, 3.05) is 5.73 Å². The third kappa shape index (κ3) is 1.88.